The first-order valence-corrected chi connectivity index (χ1v) is 9.96. The number of nitrogens with one attached hydrogen (secondary N) is 1. The van der Waals surface area contributed by atoms with Gasteiger partial charge in [-0.2, -0.15) is 0 Å². The van der Waals surface area contributed by atoms with Gasteiger partial charge in [-0.15, -0.1) is 0 Å². The Morgan fingerprint density at radius 3 is 2.77 bits per heavy atom. The van der Waals surface area contributed by atoms with Gasteiger partial charge < -0.3 is 15.0 Å². The number of hydrogen-bond acceptors (Lipinski definition) is 5. The van der Waals surface area contributed by atoms with E-state index >= 15 is 0 Å². The van der Waals surface area contributed by atoms with E-state index < -0.39 is 0 Å². The molecule has 1 amide bonds. The number of nitrogens with zero attached hydrogens (tertiary/aromatic N) is 3. The second kappa shape index (κ2) is 8.90. The van der Waals surface area contributed by atoms with Crippen molar-refractivity contribution in [1.29, 1.82) is 0 Å². The van der Waals surface area contributed by atoms with E-state index in [-0.39, 0.29) is 17.6 Å². The standard InChI is InChI=1S/C23H23FN4O2/c1-16-14-18(9-10-20(16)24)27-22(29)17-6-5-13-28(15-17)21-23(26-12-11-25-21)30-19-7-3-2-4-8-19/h2-4,7-12,14,17H,5-6,13,15H2,1H3,(H,27,29)/t17-/m0/s1. The largest absolute Gasteiger partial charge is 0.436 e. The highest BCUT2D eigenvalue weighted by Crippen LogP contribution is 2.31. The molecule has 7 heteroatoms. The number of amides is 1. The average Bonchev–Trinajstić information content (AvgIpc) is 2.77. The van der Waals surface area contributed by atoms with Crippen molar-refractivity contribution in [3.8, 4) is 11.6 Å². The average molecular weight is 406 g/mol. The van der Waals surface area contributed by atoms with Crippen LogP contribution >= 0.6 is 0 Å². The van der Waals surface area contributed by atoms with Gasteiger partial charge in [0.05, 0.1) is 5.92 Å². The zero-order valence-corrected chi connectivity index (χ0v) is 16.7. The highest BCUT2D eigenvalue weighted by atomic mass is 19.1. The Morgan fingerprint density at radius 1 is 1.17 bits per heavy atom. The van der Waals surface area contributed by atoms with Crippen LogP contribution in [0.1, 0.15) is 18.4 Å². The van der Waals surface area contributed by atoms with Gasteiger partial charge >= 0.3 is 0 Å². The van der Waals surface area contributed by atoms with Crippen molar-refractivity contribution in [2.45, 2.75) is 19.8 Å². The van der Waals surface area contributed by atoms with Crippen LogP contribution in [0.25, 0.3) is 0 Å². The number of benzene rings is 2. The third kappa shape index (κ3) is 4.56. The Hall–Kier alpha value is -3.48. The summed E-state index contributed by atoms with van der Waals surface area (Å²) in [6.07, 6.45) is 4.84. The normalized spacial score (nSPS) is 16.2. The first-order chi connectivity index (χ1) is 14.6. The lowest BCUT2D eigenvalue weighted by Gasteiger charge is -2.33. The minimum Gasteiger partial charge on any atom is -0.436 e. The number of anilines is 2. The lowest BCUT2D eigenvalue weighted by atomic mass is 9.97. The van der Waals surface area contributed by atoms with Crippen molar-refractivity contribution in [2.24, 2.45) is 5.92 Å². The molecule has 1 fully saturated rings. The first kappa shape index (κ1) is 19.8. The number of aromatic nitrogens is 2. The molecule has 0 radical (unpaired) electrons. The Bertz CT molecular complexity index is 1030. The van der Waals surface area contributed by atoms with E-state index in [1.54, 1.807) is 31.5 Å². The molecule has 2 heterocycles. The maximum Gasteiger partial charge on any atom is 0.263 e. The molecule has 1 aliphatic heterocycles. The number of carbonyl (C=O) groups excluding carboxylic acids is 1. The fraction of sp³-hybridized carbons (Fsp3) is 0.261. The first-order valence-electron chi connectivity index (χ1n) is 9.96. The summed E-state index contributed by atoms with van der Waals surface area (Å²) >= 11 is 0. The van der Waals surface area contributed by atoms with Gasteiger partial charge in [-0.1, -0.05) is 18.2 Å². The predicted octanol–water partition coefficient (Wildman–Crippen LogP) is 4.57. The molecule has 154 valence electrons. The third-order valence-electron chi connectivity index (χ3n) is 5.12. The van der Waals surface area contributed by atoms with E-state index in [4.69, 9.17) is 4.74 Å². The molecular weight excluding hydrogens is 383 g/mol. The minimum absolute atomic E-state index is 0.0832. The lowest BCUT2D eigenvalue weighted by Crippen LogP contribution is -2.41. The van der Waals surface area contributed by atoms with E-state index in [1.807, 2.05) is 35.2 Å². The smallest absolute Gasteiger partial charge is 0.263 e. The second-order valence-corrected chi connectivity index (χ2v) is 7.34. The molecule has 3 aromatic rings. The van der Waals surface area contributed by atoms with Gasteiger partial charge in [0.15, 0.2) is 5.82 Å². The van der Waals surface area contributed by atoms with Gasteiger partial charge in [-0.25, -0.2) is 14.4 Å². The number of rotatable bonds is 5. The van der Waals surface area contributed by atoms with Crippen LogP contribution in [0.5, 0.6) is 11.6 Å². The Labute approximate surface area is 174 Å². The van der Waals surface area contributed by atoms with Crippen molar-refractivity contribution in [1.82, 2.24) is 9.97 Å². The second-order valence-electron chi connectivity index (χ2n) is 7.34. The van der Waals surface area contributed by atoms with Gasteiger partial charge in [0.25, 0.3) is 5.88 Å². The summed E-state index contributed by atoms with van der Waals surface area (Å²) in [6, 6.07) is 14.0. The molecule has 6 nitrogen and oxygen atoms in total. The Kier molecular flexibility index (Phi) is 5.88. The van der Waals surface area contributed by atoms with Crippen LogP contribution in [0.15, 0.2) is 60.9 Å². The van der Waals surface area contributed by atoms with Crippen molar-refractivity contribution in [3.05, 3.63) is 72.3 Å². The van der Waals surface area contributed by atoms with Crippen molar-refractivity contribution in [2.75, 3.05) is 23.3 Å². The minimum atomic E-state index is -0.287. The van der Waals surface area contributed by atoms with Gasteiger partial charge in [0.2, 0.25) is 5.91 Å². The van der Waals surface area contributed by atoms with E-state index in [9.17, 15) is 9.18 Å². The van der Waals surface area contributed by atoms with Crippen LogP contribution in [0, 0.1) is 18.7 Å². The molecule has 1 atom stereocenters. The summed E-state index contributed by atoms with van der Waals surface area (Å²) in [4.78, 5) is 23.7. The quantitative estimate of drug-likeness (QED) is 0.672. The number of ether oxygens (including phenoxy) is 1. The van der Waals surface area contributed by atoms with Gasteiger partial charge in [0, 0.05) is 31.2 Å². The van der Waals surface area contributed by atoms with E-state index in [0.29, 0.717) is 35.2 Å². The lowest BCUT2D eigenvalue weighted by molar-refractivity contribution is -0.120. The van der Waals surface area contributed by atoms with Crippen molar-refractivity contribution >= 4 is 17.4 Å². The number of halogens is 1. The maximum absolute atomic E-state index is 13.5. The van der Waals surface area contributed by atoms with Gasteiger partial charge in [-0.05, 0) is 55.7 Å². The molecule has 0 saturated carbocycles. The highest BCUT2D eigenvalue weighted by molar-refractivity contribution is 5.93. The topological polar surface area (TPSA) is 67.4 Å². The summed E-state index contributed by atoms with van der Waals surface area (Å²) < 4.78 is 19.4. The van der Waals surface area contributed by atoms with Crippen LogP contribution in [0.4, 0.5) is 15.9 Å². The molecule has 0 spiro atoms. The number of hydrogen-bond donors (Lipinski definition) is 1. The zero-order chi connectivity index (χ0) is 20.9. The fourth-order valence-corrected chi connectivity index (χ4v) is 3.56. The van der Waals surface area contributed by atoms with Crippen LogP contribution < -0.4 is 15.0 Å². The monoisotopic (exact) mass is 406 g/mol. The zero-order valence-electron chi connectivity index (χ0n) is 16.7. The predicted molar refractivity (Wildman–Crippen MR) is 113 cm³/mol. The van der Waals surface area contributed by atoms with Gasteiger partial charge in [0.1, 0.15) is 11.6 Å². The molecule has 0 aliphatic carbocycles. The van der Waals surface area contributed by atoms with Gasteiger partial charge in [-0.3, -0.25) is 4.79 Å². The molecule has 30 heavy (non-hydrogen) atoms. The number of carbonyl (C=O) groups is 1. The number of aryl methyl sites for hydroxylation is 1. The van der Waals surface area contributed by atoms with E-state index in [0.717, 1.165) is 19.4 Å². The van der Waals surface area contributed by atoms with Crippen LogP contribution in [-0.4, -0.2) is 29.0 Å². The van der Waals surface area contributed by atoms with Crippen LogP contribution in [-0.2, 0) is 4.79 Å². The highest BCUT2D eigenvalue weighted by Gasteiger charge is 2.28. The Balaban J connectivity index is 1.47. The molecule has 1 aliphatic rings. The number of piperidine rings is 1. The van der Waals surface area contributed by atoms with Crippen molar-refractivity contribution in [3.63, 3.8) is 0 Å². The summed E-state index contributed by atoms with van der Waals surface area (Å²) in [7, 11) is 0. The molecule has 0 unspecified atom stereocenters. The van der Waals surface area contributed by atoms with Crippen LogP contribution in [0.2, 0.25) is 0 Å². The van der Waals surface area contributed by atoms with E-state index in [2.05, 4.69) is 15.3 Å². The summed E-state index contributed by atoms with van der Waals surface area (Å²) in [5.41, 5.74) is 1.10. The van der Waals surface area contributed by atoms with Crippen molar-refractivity contribution < 1.29 is 13.9 Å². The molecule has 1 N–H and O–H groups in total. The number of para-hydroxylation sites is 1. The molecule has 4 rings (SSSR count). The summed E-state index contributed by atoms with van der Waals surface area (Å²) in [6.45, 7) is 2.95. The molecule has 0 bridgehead atoms. The van der Waals surface area contributed by atoms with E-state index in [1.165, 1.54) is 6.07 Å². The SMILES string of the molecule is Cc1cc(NC(=O)[C@H]2CCCN(c3nccnc3Oc3ccccc3)C2)ccc1F. The third-order valence-corrected chi connectivity index (χ3v) is 5.12. The maximum atomic E-state index is 13.5. The molecule has 1 aromatic heterocycles. The van der Waals surface area contributed by atoms with Crippen LogP contribution in [0.3, 0.4) is 0 Å². The summed E-state index contributed by atoms with van der Waals surface area (Å²) in [5.74, 6) is 1.13. The fourth-order valence-electron chi connectivity index (χ4n) is 3.56. The summed E-state index contributed by atoms with van der Waals surface area (Å²) in [5, 5.41) is 2.91. The Morgan fingerprint density at radius 2 is 1.97 bits per heavy atom. The molecule has 1 saturated heterocycles. The molecular formula is C23H23FN4O2. The molecule has 2 aromatic carbocycles.